The zero-order chi connectivity index (χ0) is 14.6. The predicted octanol–water partition coefficient (Wildman–Crippen LogP) is 0.853. The van der Waals surface area contributed by atoms with Crippen LogP contribution in [0.4, 0.5) is 0 Å². The Morgan fingerprint density at radius 3 is 2.65 bits per heavy atom. The average Bonchev–Trinajstić information content (AvgIpc) is 2.41. The molecule has 0 atom stereocenters. The number of hydrogen-bond acceptors (Lipinski definition) is 4. The summed E-state index contributed by atoms with van der Waals surface area (Å²) in [5.74, 6) is 0.0782. The lowest BCUT2D eigenvalue weighted by atomic mass is 9.76. The normalized spacial score (nSPS) is 16.8. The number of carbonyl (C=O) groups excluding carboxylic acids is 1. The zero-order valence-corrected chi connectivity index (χ0v) is 12.4. The maximum absolute atomic E-state index is 12.6. The number of nitrogens with zero attached hydrogens (tertiary/aromatic N) is 3. The SMILES string of the molecule is CN(C)CCN(Cc1cccnc1)C(=O)C1(N)CCC1. The van der Waals surface area contributed by atoms with Gasteiger partial charge in [0.15, 0.2) is 0 Å². The minimum absolute atomic E-state index is 0.0782. The van der Waals surface area contributed by atoms with Crippen molar-refractivity contribution < 1.29 is 4.79 Å². The standard InChI is InChI=1S/C15H24N4O/c1-18(2)9-10-19(12-13-5-3-8-17-11-13)14(20)15(16)6-4-7-15/h3,5,8,11H,4,6-7,9-10,12,16H2,1-2H3. The Hall–Kier alpha value is -1.46. The van der Waals surface area contributed by atoms with E-state index in [4.69, 9.17) is 5.73 Å². The molecule has 1 aromatic heterocycles. The van der Waals surface area contributed by atoms with Gasteiger partial charge in [0.05, 0.1) is 5.54 Å². The number of rotatable bonds is 6. The summed E-state index contributed by atoms with van der Waals surface area (Å²) >= 11 is 0. The molecule has 110 valence electrons. The monoisotopic (exact) mass is 276 g/mol. The first kappa shape index (κ1) is 14.9. The van der Waals surface area contributed by atoms with Crippen LogP contribution in [0.2, 0.25) is 0 Å². The average molecular weight is 276 g/mol. The maximum atomic E-state index is 12.6. The van der Waals surface area contributed by atoms with Gasteiger partial charge < -0.3 is 15.5 Å². The molecule has 0 aromatic carbocycles. The van der Waals surface area contributed by atoms with Gasteiger partial charge in [-0.2, -0.15) is 0 Å². The summed E-state index contributed by atoms with van der Waals surface area (Å²) in [6.07, 6.45) is 6.21. The minimum Gasteiger partial charge on any atom is -0.335 e. The first-order chi connectivity index (χ1) is 9.51. The van der Waals surface area contributed by atoms with Crippen LogP contribution in [-0.2, 0) is 11.3 Å². The Labute approximate surface area is 120 Å². The topological polar surface area (TPSA) is 62.5 Å². The van der Waals surface area contributed by atoms with Crippen molar-refractivity contribution in [2.75, 3.05) is 27.2 Å². The lowest BCUT2D eigenvalue weighted by Crippen LogP contribution is -2.60. The second-order valence-electron chi connectivity index (χ2n) is 5.90. The van der Waals surface area contributed by atoms with E-state index in [2.05, 4.69) is 9.88 Å². The number of amides is 1. The summed E-state index contributed by atoms with van der Waals surface area (Å²) in [6, 6.07) is 3.89. The quantitative estimate of drug-likeness (QED) is 0.837. The highest BCUT2D eigenvalue weighted by Crippen LogP contribution is 2.31. The molecule has 0 aliphatic heterocycles. The van der Waals surface area contributed by atoms with Gasteiger partial charge in [0, 0.05) is 32.0 Å². The van der Waals surface area contributed by atoms with Crippen molar-refractivity contribution in [3.8, 4) is 0 Å². The molecule has 1 saturated carbocycles. The van der Waals surface area contributed by atoms with Crippen molar-refractivity contribution in [1.29, 1.82) is 0 Å². The molecule has 2 rings (SSSR count). The molecule has 5 nitrogen and oxygen atoms in total. The second kappa shape index (κ2) is 6.33. The van der Waals surface area contributed by atoms with E-state index < -0.39 is 5.54 Å². The fourth-order valence-electron chi connectivity index (χ4n) is 2.37. The van der Waals surface area contributed by atoms with Crippen LogP contribution in [0.3, 0.4) is 0 Å². The van der Waals surface area contributed by atoms with Crippen LogP contribution >= 0.6 is 0 Å². The van der Waals surface area contributed by atoms with E-state index in [1.165, 1.54) is 0 Å². The number of nitrogens with two attached hydrogens (primary N) is 1. The van der Waals surface area contributed by atoms with Crippen molar-refractivity contribution >= 4 is 5.91 Å². The van der Waals surface area contributed by atoms with Crippen LogP contribution < -0.4 is 5.73 Å². The molecule has 20 heavy (non-hydrogen) atoms. The predicted molar refractivity (Wildman–Crippen MR) is 79.0 cm³/mol. The molecule has 1 heterocycles. The largest absolute Gasteiger partial charge is 0.335 e. The van der Waals surface area contributed by atoms with Crippen LogP contribution in [0.15, 0.2) is 24.5 Å². The van der Waals surface area contributed by atoms with Gasteiger partial charge in [0.1, 0.15) is 0 Å². The van der Waals surface area contributed by atoms with Crippen LogP contribution in [0.25, 0.3) is 0 Å². The highest BCUT2D eigenvalue weighted by atomic mass is 16.2. The Kier molecular flexibility index (Phi) is 4.73. The molecular weight excluding hydrogens is 252 g/mol. The Bertz CT molecular complexity index is 442. The summed E-state index contributed by atoms with van der Waals surface area (Å²) in [5, 5.41) is 0. The second-order valence-corrected chi connectivity index (χ2v) is 5.90. The Morgan fingerprint density at radius 1 is 1.40 bits per heavy atom. The summed E-state index contributed by atoms with van der Waals surface area (Å²) < 4.78 is 0. The Morgan fingerprint density at radius 2 is 2.15 bits per heavy atom. The van der Waals surface area contributed by atoms with Crippen molar-refractivity contribution in [3.63, 3.8) is 0 Å². The maximum Gasteiger partial charge on any atom is 0.242 e. The summed E-state index contributed by atoms with van der Waals surface area (Å²) in [7, 11) is 4.02. The lowest BCUT2D eigenvalue weighted by molar-refractivity contribution is -0.141. The van der Waals surface area contributed by atoms with E-state index in [0.29, 0.717) is 13.1 Å². The molecule has 5 heteroatoms. The molecule has 1 fully saturated rings. The molecule has 0 unspecified atom stereocenters. The van der Waals surface area contributed by atoms with Crippen LogP contribution in [0.1, 0.15) is 24.8 Å². The van der Waals surface area contributed by atoms with Gasteiger partial charge in [-0.25, -0.2) is 0 Å². The highest BCUT2D eigenvalue weighted by molar-refractivity contribution is 5.87. The molecule has 0 saturated heterocycles. The van der Waals surface area contributed by atoms with E-state index in [0.717, 1.165) is 31.4 Å². The minimum atomic E-state index is -0.630. The number of pyridine rings is 1. The van der Waals surface area contributed by atoms with Crippen LogP contribution in [-0.4, -0.2) is 53.4 Å². The van der Waals surface area contributed by atoms with Gasteiger partial charge in [-0.05, 0) is 45.0 Å². The van der Waals surface area contributed by atoms with Gasteiger partial charge in [-0.15, -0.1) is 0 Å². The van der Waals surface area contributed by atoms with E-state index in [1.807, 2.05) is 31.1 Å². The van der Waals surface area contributed by atoms with E-state index >= 15 is 0 Å². The third-order valence-corrected chi connectivity index (χ3v) is 3.87. The molecule has 0 spiro atoms. The lowest BCUT2D eigenvalue weighted by Gasteiger charge is -2.40. The van der Waals surface area contributed by atoms with Gasteiger partial charge in [0.2, 0.25) is 5.91 Å². The molecule has 1 aromatic rings. The number of aromatic nitrogens is 1. The molecule has 1 aliphatic rings. The molecule has 0 radical (unpaired) electrons. The molecule has 1 aliphatic carbocycles. The summed E-state index contributed by atoms with van der Waals surface area (Å²) in [4.78, 5) is 20.7. The van der Waals surface area contributed by atoms with Crippen LogP contribution in [0, 0.1) is 0 Å². The van der Waals surface area contributed by atoms with Gasteiger partial charge in [-0.1, -0.05) is 6.07 Å². The van der Waals surface area contributed by atoms with Crippen molar-refractivity contribution in [3.05, 3.63) is 30.1 Å². The number of hydrogen-bond donors (Lipinski definition) is 1. The van der Waals surface area contributed by atoms with E-state index in [9.17, 15) is 4.79 Å². The fourth-order valence-corrected chi connectivity index (χ4v) is 2.37. The Balaban J connectivity index is 2.05. The molecule has 2 N–H and O–H groups in total. The van der Waals surface area contributed by atoms with Crippen molar-refractivity contribution in [2.24, 2.45) is 5.73 Å². The van der Waals surface area contributed by atoms with Gasteiger partial charge in [-0.3, -0.25) is 9.78 Å². The smallest absolute Gasteiger partial charge is 0.242 e. The third-order valence-electron chi connectivity index (χ3n) is 3.87. The van der Waals surface area contributed by atoms with Gasteiger partial charge >= 0.3 is 0 Å². The third kappa shape index (κ3) is 3.55. The summed E-state index contributed by atoms with van der Waals surface area (Å²) in [5.41, 5.74) is 6.60. The first-order valence-electron chi connectivity index (χ1n) is 7.13. The van der Waals surface area contributed by atoms with E-state index in [-0.39, 0.29) is 5.91 Å². The molecule has 0 bridgehead atoms. The number of likely N-dealkylation sites (N-methyl/N-ethyl adjacent to an activating group) is 1. The van der Waals surface area contributed by atoms with Crippen molar-refractivity contribution in [2.45, 2.75) is 31.3 Å². The van der Waals surface area contributed by atoms with Crippen molar-refractivity contribution in [1.82, 2.24) is 14.8 Å². The van der Waals surface area contributed by atoms with Gasteiger partial charge in [0.25, 0.3) is 0 Å². The molecular formula is C15H24N4O. The fraction of sp³-hybridized carbons (Fsp3) is 0.600. The van der Waals surface area contributed by atoms with Crippen LogP contribution in [0.5, 0.6) is 0 Å². The zero-order valence-electron chi connectivity index (χ0n) is 12.4. The highest BCUT2D eigenvalue weighted by Gasteiger charge is 2.42. The first-order valence-corrected chi connectivity index (χ1v) is 7.13. The molecule has 1 amide bonds. The number of carbonyl (C=O) groups is 1. The van der Waals surface area contributed by atoms with E-state index in [1.54, 1.807) is 12.4 Å². The summed E-state index contributed by atoms with van der Waals surface area (Å²) in [6.45, 7) is 2.11.